The van der Waals surface area contributed by atoms with Crippen molar-refractivity contribution in [2.75, 3.05) is 12.4 Å². The lowest BCUT2D eigenvalue weighted by molar-refractivity contribution is 0.476. The summed E-state index contributed by atoms with van der Waals surface area (Å²) < 4.78 is 0. The average molecular weight is 210 g/mol. The molecule has 0 aliphatic carbocycles. The Bertz CT molecular complexity index is 487. The van der Waals surface area contributed by atoms with Crippen LogP contribution >= 0.6 is 11.6 Å². The van der Waals surface area contributed by atoms with Gasteiger partial charge in [0.25, 0.3) is 0 Å². The Morgan fingerprint density at radius 3 is 2.86 bits per heavy atom. The fraction of sp³-hybridized carbons (Fsp3) is 0.111. The van der Waals surface area contributed by atoms with Crippen LogP contribution in [0, 0.1) is 0 Å². The first kappa shape index (κ1) is 9.02. The van der Waals surface area contributed by atoms with Crippen LogP contribution in [0.1, 0.15) is 0 Å². The zero-order chi connectivity index (χ0) is 10.1. The van der Waals surface area contributed by atoms with E-state index in [9.17, 15) is 5.11 Å². The smallest absolute Gasteiger partial charge is 0.224 e. The maximum Gasteiger partial charge on any atom is 0.224 e. The van der Waals surface area contributed by atoms with Crippen molar-refractivity contribution in [3.8, 4) is 5.75 Å². The van der Waals surface area contributed by atoms with Crippen molar-refractivity contribution in [1.82, 2.24) is 9.97 Å². The molecule has 4 nitrogen and oxygen atoms in total. The highest BCUT2D eigenvalue weighted by Gasteiger charge is 2.05. The lowest BCUT2D eigenvalue weighted by Gasteiger charge is -2.04. The monoisotopic (exact) mass is 209 g/mol. The van der Waals surface area contributed by atoms with Crippen LogP contribution in [0.15, 0.2) is 18.2 Å². The van der Waals surface area contributed by atoms with E-state index < -0.39 is 0 Å². The van der Waals surface area contributed by atoms with Crippen LogP contribution < -0.4 is 5.32 Å². The van der Waals surface area contributed by atoms with E-state index >= 15 is 0 Å². The number of nitrogens with zero attached hydrogens (tertiary/aromatic N) is 2. The van der Waals surface area contributed by atoms with Gasteiger partial charge in [0.05, 0.1) is 5.52 Å². The van der Waals surface area contributed by atoms with Crippen LogP contribution in [-0.4, -0.2) is 22.1 Å². The minimum absolute atomic E-state index is 0.180. The van der Waals surface area contributed by atoms with E-state index in [2.05, 4.69) is 15.3 Å². The van der Waals surface area contributed by atoms with Gasteiger partial charge in [0.1, 0.15) is 11.6 Å². The van der Waals surface area contributed by atoms with Gasteiger partial charge in [-0.25, -0.2) is 9.97 Å². The van der Waals surface area contributed by atoms with Crippen molar-refractivity contribution in [3.05, 3.63) is 23.5 Å². The van der Waals surface area contributed by atoms with Crippen molar-refractivity contribution < 1.29 is 5.11 Å². The molecule has 1 aromatic carbocycles. The summed E-state index contributed by atoms with van der Waals surface area (Å²) in [5, 5.41) is 13.1. The second kappa shape index (κ2) is 3.31. The molecule has 5 heteroatoms. The van der Waals surface area contributed by atoms with Gasteiger partial charge in [-0.05, 0) is 29.8 Å². The van der Waals surface area contributed by atoms with E-state index in [1.54, 1.807) is 25.2 Å². The first-order valence-corrected chi connectivity index (χ1v) is 4.42. The van der Waals surface area contributed by atoms with Crippen LogP contribution in [0.3, 0.4) is 0 Å². The molecular weight excluding hydrogens is 202 g/mol. The number of aromatic hydroxyl groups is 1. The molecule has 0 aliphatic rings. The molecule has 0 atom stereocenters. The number of nitrogens with one attached hydrogen (secondary N) is 1. The Kier molecular flexibility index (Phi) is 2.13. The van der Waals surface area contributed by atoms with Crippen LogP contribution in [0.5, 0.6) is 5.75 Å². The highest BCUT2D eigenvalue weighted by Crippen LogP contribution is 2.25. The number of halogens is 1. The van der Waals surface area contributed by atoms with Gasteiger partial charge in [0.2, 0.25) is 5.28 Å². The topological polar surface area (TPSA) is 58.0 Å². The molecule has 0 bridgehead atoms. The lowest BCUT2D eigenvalue weighted by Crippen LogP contribution is -1.95. The van der Waals surface area contributed by atoms with Crippen LogP contribution in [-0.2, 0) is 0 Å². The molecule has 14 heavy (non-hydrogen) atoms. The number of anilines is 1. The maximum absolute atomic E-state index is 9.30. The fourth-order valence-electron chi connectivity index (χ4n) is 1.28. The number of rotatable bonds is 1. The third-order valence-electron chi connectivity index (χ3n) is 1.89. The van der Waals surface area contributed by atoms with E-state index in [4.69, 9.17) is 11.6 Å². The Balaban J connectivity index is 2.81. The third-order valence-corrected chi connectivity index (χ3v) is 2.06. The molecule has 0 radical (unpaired) electrons. The van der Waals surface area contributed by atoms with Crippen molar-refractivity contribution in [2.45, 2.75) is 0 Å². The van der Waals surface area contributed by atoms with Crippen molar-refractivity contribution in [2.24, 2.45) is 0 Å². The molecule has 0 spiro atoms. The number of hydrogen-bond donors (Lipinski definition) is 2. The molecule has 2 rings (SSSR count). The fourth-order valence-corrected chi connectivity index (χ4v) is 1.45. The number of phenolic OH excluding ortho intramolecular Hbond substituents is 1. The van der Waals surface area contributed by atoms with Crippen molar-refractivity contribution in [1.29, 1.82) is 0 Å². The summed E-state index contributed by atoms with van der Waals surface area (Å²) in [7, 11) is 1.74. The Morgan fingerprint density at radius 2 is 2.14 bits per heavy atom. The SMILES string of the molecule is CNc1nc(Cl)nc2ccc(O)cc12. The molecule has 0 fully saturated rings. The molecule has 1 aromatic heterocycles. The van der Waals surface area contributed by atoms with Gasteiger partial charge in [-0.15, -0.1) is 0 Å². The molecule has 0 saturated heterocycles. The minimum atomic E-state index is 0.180. The molecule has 0 unspecified atom stereocenters. The molecule has 72 valence electrons. The first-order valence-electron chi connectivity index (χ1n) is 4.05. The summed E-state index contributed by atoms with van der Waals surface area (Å²) in [4.78, 5) is 8.02. The van der Waals surface area contributed by atoms with Crippen LogP contribution in [0.4, 0.5) is 5.82 Å². The first-order chi connectivity index (χ1) is 6.70. The summed E-state index contributed by atoms with van der Waals surface area (Å²) >= 11 is 5.72. The predicted octanol–water partition coefficient (Wildman–Crippen LogP) is 2.03. The predicted molar refractivity (Wildman–Crippen MR) is 55.8 cm³/mol. The summed E-state index contributed by atoms with van der Waals surface area (Å²) in [6.45, 7) is 0. The van der Waals surface area contributed by atoms with Gasteiger partial charge < -0.3 is 10.4 Å². The number of benzene rings is 1. The van der Waals surface area contributed by atoms with Gasteiger partial charge in [-0.2, -0.15) is 0 Å². The summed E-state index contributed by atoms with van der Waals surface area (Å²) in [5.74, 6) is 0.788. The Labute approximate surface area is 85.6 Å². The zero-order valence-corrected chi connectivity index (χ0v) is 8.21. The third kappa shape index (κ3) is 1.44. The summed E-state index contributed by atoms with van der Waals surface area (Å²) in [5.41, 5.74) is 0.701. The van der Waals surface area contributed by atoms with Gasteiger partial charge in [0, 0.05) is 12.4 Å². The molecule has 0 aliphatic heterocycles. The molecular formula is C9H8ClN3O. The van der Waals surface area contributed by atoms with Crippen molar-refractivity contribution >= 4 is 28.3 Å². The van der Waals surface area contributed by atoms with E-state index in [0.717, 1.165) is 5.39 Å². The van der Waals surface area contributed by atoms with Crippen LogP contribution in [0.25, 0.3) is 10.9 Å². The highest BCUT2D eigenvalue weighted by molar-refractivity contribution is 6.28. The zero-order valence-electron chi connectivity index (χ0n) is 7.45. The van der Waals surface area contributed by atoms with Gasteiger partial charge >= 0.3 is 0 Å². The second-order valence-electron chi connectivity index (χ2n) is 2.79. The second-order valence-corrected chi connectivity index (χ2v) is 3.13. The maximum atomic E-state index is 9.30. The van der Waals surface area contributed by atoms with E-state index in [0.29, 0.717) is 11.3 Å². The number of phenols is 1. The number of fused-ring (bicyclic) bond motifs is 1. The highest BCUT2D eigenvalue weighted by atomic mass is 35.5. The minimum Gasteiger partial charge on any atom is -0.508 e. The van der Waals surface area contributed by atoms with Crippen LogP contribution in [0.2, 0.25) is 5.28 Å². The van der Waals surface area contributed by atoms with E-state index in [-0.39, 0.29) is 11.0 Å². The number of hydrogen-bond acceptors (Lipinski definition) is 4. The lowest BCUT2D eigenvalue weighted by atomic mass is 10.2. The molecule has 2 aromatic rings. The van der Waals surface area contributed by atoms with Crippen molar-refractivity contribution in [3.63, 3.8) is 0 Å². The van der Waals surface area contributed by atoms with Gasteiger partial charge in [-0.3, -0.25) is 0 Å². The quantitative estimate of drug-likeness (QED) is 0.706. The standard InChI is InChI=1S/C9H8ClN3O/c1-11-8-6-4-5(14)2-3-7(6)12-9(10)13-8/h2-4,14H,1H3,(H,11,12,13). The molecule has 1 heterocycles. The largest absolute Gasteiger partial charge is 0.508 e. The molecule has 0 saturated carbocycles. The van der Waals surface area contributed by atoms with Gasteiger partial charge in [0.15, 0.2) is 0 Å². The molecule has 0 amide bonds. The molecule has 2 N–H and O–H groups in total. The van der Waals surface area contributed by atoms with E-state index in [1.807, 2.05) is 0 Å². The average Bonchev–Trinajstić information content (AvgIpc) is 2.17. The van der Waals surface area contributed by atoms with E-state index in [1.165, 1.54) is 0 Å². The normalized spacial score (nSPS) is 10.4. The number of aromatic nitrogens is 2. The Hall–Kier alpha value is -1.55. The van der Waals surface area contributed by atoms with Gasteiger partial charge in [-0.1, -0.05) is 0 Å². The summed E-state index contributed by atoms with van der Waals surface area (Å²) in [6, 6.07) is 4.85. The summed E-state index contributed by atoms with van der Waals surface area (Å²) in [6.07, 6.45) is 0. The Morgan fingerprint density at radius 1 is 1.36 bits per heavy atom.